The second-order valence-electron chi connectivity index (χ2n) is 6.33. The zero-order valence-electron chi connectivity index (χ0n) is 16.1. The summed E-state index contributed by atoms with van der Waals surface area (Å²) in [6.07, 6.45) is 3.51. The monoisotopic (exact) mass is 392 g/mol. The number of fused-ring (bicyclic) bond motifs is 1. The highest BCUT2D eigenvalue weighted by Crippen LogP contribution is 2.37. The molecule has 0 spiro atoms. The topological polar surface area (TPSA) is 69.2 Å². The van der Waals surface area contributed by atoms with Gasteiger partial charge in [-0.05, 0) is 31.5 Å². The number of pyridine rings is 1. The molecule has 0 bridgehead atoms. The molecule has 0 radical (unpaired) electrons. The highest BCUT2D eigenvalue weighted by molar-refractivity contribution is 7.18. The SMILES string of the molecule is COc1cc(Nc2nc(-c3cccnc3)nc3sc(C)c(C)c23)cc(OC)c1. The molecule has 0 saturated heterocycles. The van der Waals surface area contributed by atoms with Gasteiger partial charge in [0.1, 0.15) is 22.1 Å². The smallest absolute Gasteiger partial charge is 0.164 e. The summed E-state index contributed by atoms with van der Waals surface area (Å²) in [7, 11) is 3.27. The van der Waals surface area contributed by atoms with E-state index in [-0.39, 0.29) is 0 Å². The molecular formula is C21H20N4O2S. The molecule has 142 valence electrons. The Balaban J connectivity index is 1.88. The van der Waals surface area contributed by atoms with Gasteiger partial charge in [-0.3, -0.25) is 4.98 Å². The standard InChI is InChI=1S/C21H20N4O2S/c1-12-13(2)28-21-18(12)20(24-19(25-21)14-6-5-7-22-11-14)23-15-8-16(26-3)10-17(9-15)27-4/h5-11H,1-4H3,(H,23,24,25). The van der Waals surface area contributed by atoms with Gasteiger partial charge in [-0.1, -0.05) is 0 Å². The molecule has 28 heavy (non-hydrogen) atoms. The lowest BCUT2D eigenvalue weighted by atomic mass is 10.2. The van der Waals surface area contributed by atoms with Gasteiger partial charge in [0.25, 0.3) is 0 Å². The molecule has 0 atom stereocenters. The number of aromatic nitrogens is 3. The lowest BCUT2D eigenvalue weighted by Gasteiger charge is -2.12. The summed E-state index contributed by atoms with van der Waals surface area (Å²) >= 11 is 1.67. The Hall–Kier alpha value is -3.19. The summed E-state index contributed by atoms with van der Waals surface area (Å²) in [5.41, 5.74) is 2.88. The number of rotatable bonds is 5. The summed E-state index contributed by atoms with van der Waals surface area (Å²) in [6.45, 7) is 4.20. The Labute approximate surface area is 167 Å². The van der Waals surface area contributed by atoms with E-state index in [1.807, 2.05) is 30.3 Å². The molecule has 6 nitrogen and oxygen atoms in total. The van der Waals surface area contributed by atoms with Crippen LogP contribution in [-0.4, -0.2) is 29.2 Å². The third kappa shape index (κ3) is 3.36. The van der Waals surface area contributed by atoms with Crippen LogP contribution >= 0.6 is 11.3 Å². The zero-order valence-corrected chi connectivity index (χ0v) is 16.9. The van der Waals surface area contributed by atoms with Crippen LogP contribution in [0.15, 0.2) is 42.7 Å². The summed E-state index contributed by atoms with van der Waals surface area (Å²) in [5, 5.41) is 4.46. The molecule has 0 saturated carbocycles. The lowest BCUT2D eigenvalue weighted by Crippen LogP contribution is -2.00. The number of ether oxygens (including phenoxy) is 2. The van der Waals surface area contributed by atoms with Gasteiger partial charge in [-0.25, -0.2) is 9.97 Å². The number of nitrogens with zero attached hydrogens (tertiary/aromatic N) is 3. The second kappa shape index (κ2) is 7.44. The molecule has 1 aromatic carbocycles. The molecule has 3 heterocycles. The minimum absolute atomic E-state index is 0.638. The summed E-state index contributed by atoms with van der Waals surface area (Å²) in [4.78, 5) is 15.9. The first kappa shape index (κ1) is 18.2. The van der Waals surface area contributed by atoms with E-state index < -0.39 is 0 Å². The van der Waals surface area contributed by atoms with Crippen LogP contribution in [0.3, 0.4) is 0 Å². The minimum atomic E-state index is 0.638. The van der Waals surface area contributed by atoms with Gasteiger partial charge in [0, 0.05) is 46.7 Å². The van der Waals surface area contributed by atoms with Gasteiger partial charge in [-0.15, -0.1) is 11.3 Å². The van der Waals surface area contributed by atoms with Crippen molar-refractivity contribution in [3.05, 3.63) is 53.2 Å². The number of hydrogen-bond acceptors (Lipinski definition) is 7. The molecule has 7 heteroatoms. The van der Waals surface area contributed by atoms with Crippen LogP contribution in [-0.2, 0) is 0 Å². The quantitative estimate of drug-likeness (QED) is 0.508. The number of anilines is 2. The Kier molecular flexibility index (Phi) is 4.83. The fraction of sp³-hybridized carbons (Fsp3) is 0.190. The molecular weight excluding hydrogens is 372 g/mol. The third-order valence-electron chi connectivity index (χ3n) is 4.56. The van der Waals surface area contributed by atoms with Crippen molar-refractivity contribution in [3.63, 3.8) is 0 Å². The van der Waals surface area contributed by atoms with E-state index in [2.05, 4.69) is 24.1 Å². The first-order valence-corrected chi connectivity index (χ1v) is 9.59. The van der Waals surface area contributed by atoms with Gasteiger partial charge >= 0.3 is 0 Å². The van der Waals surface area contributed by atoms with Gasteiger partial charge in [0.2, 0.25) is 0 Å². The van der Waals surface area contributed by atoms with Crippen LogP contribution in [0.5, 0.6) is 11.5 Å². The maximum Gasteiger partial charge on any atom is 0.164 e. The molecule has 0 amide bonds. The molecule has 0 fully saturated rings. The fourth-order valence-electron chi connectivity index (χ4n) is 2.98. The fourth-order valence-corrected chi connectivity index (χ4v) is 4.01. The van der Waals surface area contributed by atoms with Crippen molar-refractivity contribution in [1.29, 1.82) is 0 Å². The first-order valence-electron chi connectivity index (χ1n) is 8.77. The first-order chi connectivity index (χ1) is 13.6. The van der Waals surface area contributed by atoms with Gasteiger partial charge < -0.3 is 14.8 Å². The van der Waals surface area contributed by atoms with E-state index in [1.54, 1.807) is 38.0 Å². The maximum atomic E-state index is 5.38. The Morgan fingerprint density at radius 2 is 1.75 bits per heavy atom. The molecule has 3 aromatic heterocycles. The Morgan fingerprint density at radius 1 is 1.00 bits per heavy atom. The molecule has 0 aliphatic rings. The third-order valence-corrected chi connectivity index (χ3v) is 5.66. The maximum absolute atomic E-state index is 5.38. The van der Waals surface area contributed by atoms with Crippen molar-refractivity contribution in [2.24, 2.45) is 0 Å². The minimum Gasteiger partial charge on any atom is -0.497 e. The molecule has 4 rings (SSSR count). The van der Waals surface area contributed by atoms with Crippen molar-refractivity contribution in [1.82, 2.24) is 15.0 Å². The number of thiophene rings is 1. The summed E-state index contributed by atoms with van der Waals surface area (Å²) in [5.74, 6) is 2.80. The van der Waals surface area contributed by atoms with Gasteiger partial charge in [-0.2, -0.15) is 0 Å². The Morgan fingerprint density at radius 3 is 2.39 bits per heavy atom. The molecule has 0 aliphatic heterocycles. The number of methoxy groups -OCH3 is 2. The van der Waals surface area contributed by atoms with Crippen LogP contribution in [0.25, 0.3) is 21.6 Å². The number of aryl methyl sites for hydroxylation is 2. The van der Waals surface area contributed by atoms with E-state index >= 15 is 0 Å². The van der Waals surface area contributed by atoms with Crippen molar-refractivity contribution >= 4 is 33.1 Å². The lowest BCUT2D eigenvalue weighted by molar-refractivity contribution is 0.395. The van der Waals surface area contributed by atoms with Gasteiger partial charge in [0.05, 0.1) is 19.6 Å². The van der Waals surface area contributed by atoms with Crippen LogP contribution in [0.2, 0.25) is 0 Å². The van der Waals surface area contributed by atoms with Crippen molar-refractivity contribution in [2.45, 2.75) is 13.8 Å². The molecule has 4 aromatic rings. The van der Waals surface area contributed by atoms with Crippen LogP contribution in [0.1, 0.15) is 10.4 Å². The van der Waals surface area contributed by atoms with Crippen molar-refractivity contribution in [2.75, 3.05) is 19.5 Å². The zero-order chi connectivity index (χ0) is 19.7. The van der Waals surface area contributed by atoms with Crippen LogP contribution in [0, 0.1) is 13.8 Å². The molecule has 0 unspecified atom stereocenters. The number of hydrogen-bond donors (Lipinski definition) is 1. The largest absolute Gasteiger partial charge is 0.497 e. The second-order valence-corrected chi connectivity index (χ2v) is 7.53. The van der Waals surface area contributed by atoms with Crippen LogP contribution < -0.4 is 14.8 Å². The van der Waals surface area contributed by atoms with E-state index in [0.29, 0.717) is 17.3 Å². The van der Waals surface area contributed by atoms with Crippen molar-refractivity contribution in [3.8, 4) is 22.9 Å². The van der Waals surface area contributed by atoms with E-state index in [4.69, 9.17) is 19.4 Å². The number of benzene rings is 1. The van der Waals surface area contributed by atoms with Gasteiger partial charge in [0.15, 0.2) is 5.82 Å². The summed E-state index contributed by atoms with van der Waals surface area (Å²) < 4.78 is 10.8. The van der Waals surface area contributed by atoms with E-state index in [9.17, 15) is 0 Å². The summed E-state index contributed by atoms with van der Waals surface area (Å²) in [6, 6.07) is 9.50. The molecule has 0 aliphatic carbocycles. The predicted molar refractivity (Wildman–Crippen MR) is 113 cm³/mol. The van der Waals surface area contributed by atoms with E-state index in [1.165, 1.54) is 10.4 Å². The highest BCUT2D eigenvalue weighted by Gasteiger charge is 2.16. The highest BCUT2D eigenvalue weighted by atomic mass is 32.1. The normalized spacial score (nSPS) is 10.9. The van der Waals surface area contributed by atoms with E-state index in [0.717, 1.165) is 27.3 Å². The van der Waals surface area contributed by atoms with Crippen molar-refractivity contribution < 1.29 is 9.47 Å². The Bertz CT molecular complexity index is 1120. The molecule has 1 N–H and O–H groups in total. The number of nitrogens with one attached hydrogen (secondary N) is 1. The average Bonchev–Trinajstić information content (AvgIpc) is 3.02. The average molecular weight is 392 g/mol. The predicted octanol–water partition coefficient (Wildman–Crippen LogP) is 5.13. The van der Waals surface area contributed by atoms with Crippen LogP contribution in [0.4, 0.5) is 11.5 Å².